The van der Waals surface area contributed by atoms with Crippen molar-refractivity contribution in [3.63, 3.8) is 0 Å². The van der Waals surface area contributed by atoms with Crippen LogP contribution >= 0.6 is 0 Å². The van der Waals surface area contributed by atoms with Gasteiger partial charge < -0.3 is 0 Å². The van der Waals surface area contributed by atoms with Crippen LogP contribution in [0.1, 0.15) is 48.9 Å². The van der Waals surface area contributed by atoms with E-state index in [1.54, 1.807) is 0 Å². The zero-order valence-electron chi connectivity index (χ0n) is 27.9. The van der Waals surface area contributed by atoms with Crippen LogP contribution < -0.4 is 0 Å². The van der Waals surface area contributed by atoms with Gasteiger partial charge in [-0.05, 0) is 81.1 Å². The maximum atomic E-state index is 5.03. The highest BCUT2D eigenvalue weighted by Crippen LogP contribution is 2.42. The molecular weight excluding hydrogens is 579 g/mol. The van der Waals surface area contributed by atoms with Crippen molar-refractivity contribution in [1.29, 1.82) is 0 Å². The minimum atomic E-state index is 0.0908. The van der Waals surface area contributed by atoms with Gasteiger partial charge in [-0.3, -0.25) is 4.99 Å². The van der Waals surface area contributed by atoms with E-state index in [0.29, 0.717) is 0 Å². The van der Waals surface area contributed by atoms with E-state index >= 15 is 0 Å². The molecular formula is C47H41N. The highest BCUT2D eigenvalue weighted by Gasteiger charge is 2.17. The molecule has 1 nitrogen and oxygen atoms in total. The molecule has 0 spiro atoms. The summed E-state index contributed by atoms with van der Waals surface area (Å²) in [6.45, 7) is 6.46. The van der Waals surface area contributed by atoms with Crippen LogP contribution in [0.2, 0.25) is 0 Å². The predicted molar refractivity (Wildman–Crippen MR) is 208 cm³/mol. The summed E-state index contributed by atoms with van der Waals surface area (Å²) in [5, 5.41) is 0. The summed E-state index contributed by atoms with van der Waals surface area (Å²) < 4.78 is 0. The second kappa shape index (κ2) is 15.7. The third-order valence-electron chi connectivity index (χ3n) is 8.62. The predicted octanol–water partition coefficient (Wildman–Crippen LogP) is 12.9. The van der Waals surface area contributed by atoms with E-state index in [0.717, 1.165) is 16.8 Å². The van der Waals surface area contributed by atoms with E-state index in [1.165, 1.54) is 50.1 Å². The van der Waals surface area contributed by atoms with Gasteiger partial charge in [-0.15, -0.1) is 0 Å². The van der Waals surface area contributed by atoms with Gasteiger partial charge in [0.15, 0.2) is 0 Å². The van der Waals surface area contributed by atoms with Crippen molar-refractivity contribution in [2.24, 2.45) is 4.99 Å². The zero-order chi connectivity index (χ0) is 33.1. The average Bonchev–Trinajstić information content (AvgIpc) is 3.16. The Morgan fingerprint density at radius 1 is 0.562 bits per heavy atom. The molecule has 1 heteroatoms. The van der Waals surface area contributed by atoms with Crippen LogP contribution in [0, 0.1) is 0 Å². The standard InChI is InChI=1S/C47H41N/c1-4-19-37(5-2)42-31-41(35(3)30-46(39-24-14-8-15-25-39)48-34-36-20-10-6-11-21-36)32-43(33-42)45-29-18-28-44(38-22-12-7-13-23-38)47(45)40-26-16-9-17-27-40/h4-35H,1-3H3/b19-4-,37-5+,46-30-,48-34?. The molecule has 1 atom stereocenters. The summed E-state index contributed by atoms with van der Waals surface area (Å²) in [7, 11) is 0. The van der Waals surface area contributed by atoms with Gasteiger partial charge in [-0.25, -0.2) is 0 Å². The zero-order valence-corrected chi connectivity index (χ0v) is 27.9. The molecule has 0 aromatic heterocycles. The number of allylic oxidation sites excluding steroid dienone is 5. The molecule has 0 amide bonds. The first-order valence-electron chi connectivity index (χ1n) is 16.7. The number of hydrogen-bond acceptors (Lipinski definition) is 1. The van der Waals surface area contributed by atoms with E-state index in [-0.39, 0.29) is 5.92 Å². The van der Waals surface area contributed by atoms with Gasteiger partial charge >= 0.3 is 0 Å². The molecule has 0 aliphatic heterocycles. The van der Waals surface area contributed by atoms with Crippen LogP contribution in [0.15, 0.2) is 187 Å². The summed E-state index contributed by atoms with van der Waals surface area (Å²) in [6, 6.07) is 56.0. The smallest absolute Gasteiger partial charge is 0.0668 e. The van der Waals surface area contributed by atoms with Gasteiger partial charge in [-0.1, -0.05) is 183 Å². The fraction of sp³-hybridized carbons (Fsp3) is 0.0851. The molecule has 0 aliphatic carbocycles. The number of benzene rings is 6. The lowest BCUT2D eigenvalue weighted by Crippen LogP contribution is -1.97. The van der Waals surface area contributed by atoms with Gasteiger partial charge in [0.2, 0.25) is 0 Å². The van der Waals surface area contributed by atoms with Crippen molar-refractivity contribution < 1.29 is 0 Å². The highest BCUT2D eigenvalue weighted by molar-refractivity contribution is 5.95. The first-order valence-corrected chi connectivity index (χ1v) is 16.7. The van der Waals surface area contributed by atoms with Gasteiger partial charge in [0, 0.05) is 12.1 Å². The number of rotatable bonds is 10. The van der Waals surface area contributed by atoms with Crippen LogP contribution in [0.25, 0.3) is 44.7 Å². The lowest BCUT2D eigenvalue weighted by molar-refractivity contribution is 0.966. The molecule has 6 aromatic carbocycles. The Morgan fingerprint density at radius 2 is 1.15 bits per heavy atom. The number of hydrogen-bond donors (Lipinski definition) is 0. The molecule has 0 aliphatic rings. The third kappa shape index (κ3) is 7.60. The molecule has 6 rings (SSSR count). The molecule has 0 bridgehead atoms. The van der Waals surface area contributed by atoms with E-state index in [9.17, 15) is 0 Å². The van der Waals surface area contributed by atoms with Crippen molar-refractivity contribution >= 4 is 17.5 Å². The molecule has 6 aromatic rings. The summed E-state index contributed by atoms with van der Waals surface area (Å²) in [4.78, 5) is 5.03. The van der Waals surface area contributed by atoms with Gasteiger partial charge in [0.25, 0.3) is 0 Å². The van der Waals surface area contributed by atoms with Gasteiger partial charge in [0.1, 0.15) is 0 Å². The highest BCUT2D eigenvalue weighted by atomic mass is 14.7. The Labute approximate surface area is 286 Å². The van der Waals surface area contributed by atoms with Gasteiger partial charge in [-0.2, -0.15) is 0 Å². The summed E-state index contributed by atoms with van der Waals surface area (Å²) in [6.07, 6.45) is 10.8. The monoisotopic (exact) mass is 619 g/mol. The second-order valence-corrected chi connectivity index (χ2v) is 11.9. The molecule has 48 heavy (non-hydrogen) atoms. The fourth-order valence-corrected chi connectivity index (χ4v) is 6.18. The summed E-state index contributed by atoms with van der Waals surface area (Å²) >= 11 is 0. The lowest BCUT2D eigenvalue weighted by atomic mass is 9.85. The van der Waals surface area contributed by atoms with Crippen LogP contribution in [-0.2, 0) is 0 Å². The third-order valence-corrected chi connectivity index (χ3v) is 8.62. The van der Waals surface area contributed by atoms with Crippen molar-refractivity contribution in [3.05, 3.63) is 204 Å². The van der Waals surface area contributed by atoms with Crippen LogP contribution in [-0.4, -0.2) is 6.21 Å². The molecule has 1 unspecified atom stereocenters. The molecule has 0 radical (unpaired) electrons. The summed E-state index contributed by atoms with van der Waals surface area (Å²) in [5.41, 5.74) is 14.0. The molecule has 0 saturated carbocycles. The first kappa shape index (κ1) is 32.2. The molecule has 0 fully saturated rings. The van der Waals surface area contributed by atoms with Crippen LogP contribution in [0.5, 0.6) is 0 Å². The van der Waals surface area contributed by atoms with Crippen LogP contribution in [0.3, 0.4) is 0 Å². The van der Waals surface area contributed by atoms with Crippen molar-refractivity contribution in [1.82, 2.24) is 0 Å². The van der Waals surface area contributed by atoms with Crippen molar-refractivity contribution in [2.45, 2.75) is 26.7 Å². The van der Waals surface area contributed by atoms with Crippen LogP contribution in [0.4, 0.5) is 0 Å². The molecule has 234 valence electrons. The van der Waals surface area contributed by atoms with E-state index < -0.39 is 0 Å². The molecule has 0 saturated heterocycles. The maximum Gasteiger partial charge on any atom is 0.0668 e. The normalized spacial score (nSPS) is 12.9. The average molecular weight is 620 g/mol. The first-order chi connectivity index (χ1) is 23.6. The SMILES string of the molecule is C/C=C\C(=C/C)c1cc(-c2cccc(-c3ccccc3)c2-c2ccccc2)cc(C(C)/C=C(\N=Cc2ccccc2)c2ccccc2)c1. The Hall–Kier alpha value is -5.79. The van der Waals surface area contributed by atoms with Crippen molar-refractivity contribution in [3.8, 4) is 33.4 Å². The quantitative estimate of drug-likeness (QED) is 0.107. The van der Waals surface area contributed by atoms with Gasteiger partial charge in [0.05, 0.1) is 5.70 Å². The minimum absolute atomic E-state index is 0.0908. The second-order valence-electron chi connectivity index (χ2n) is 11.9. The Kier molecular flexibility index (Phi) is 10.5. The van der Waals surface area contributed by atoms with E-state index in [2.05, 4.69) is 185 Å². The molecule has 0 heterocycles. The largest absolute Gasteiger partial charge is 0.256 e. The molecule has 0 N–H and O–H groups in total. The number of aliphatic imine (C=N–C) groups is 1. The topological polar surface area (TPSA) is 12.4 Å². The Balaban J connectivity index is 1.54. The number of nitrogens with zero attached hydrogens (tertiary/aromatic N) is 1. The Bertz CT molecular complexity index is 2070. The lowest BCUT2D eigenvalue weighted by Gasteiger charge is -2.19. The maximum absolute atomic E-state index is 5.03. The minimum Gasteiger partial charge on any atom is -0.256 e. The van der Waals surface area contributed by atoms with E-state index in [1.807, 2.05) is 24.4 Å². The van der Waals surface area contributed by atoms with Crippen molar-refractivity contribution in [2.75, 3.05) is 0 Å². The van der Waals surface area contributed by atoms with E-state index in [4.69, 9.17) is 4.99 Å². The summed E-state index contributed by atoms with van der Waals surface area (Å²) in [5.74, 6) is 0.0908. The fourth-order valence-electron chi connectivity index (χ4n) is 6.18. The Morgan fingerprint density at radius 3 is 1.77 bits per heavy atom.